The predicted molar refractivity (Wildman–Crippen MR) is 129 cm³/mol. The first kappa shape index (κ1) is 25.4. The van der Waals surface area contributed by atoms with Crippen molar-refractivity contribution in [1.82, 2.24) is 25.1 Å². The van der Waals surface area contributed by atoms with Gasteiger partial charge in [-0.25, -0.2) is 19.7 Å². The van der Waals surface area contributed by atoms with Gasteiger partial charge in [-0.15, -0.1) is 0 Å². The fourth-order valence-corrected chi connectivity index (χ4v) is 4.78. The summed E-state index contributed by atoms with van der Waals surface area (Å²) in [7, 11) is 3.26. The molecular formula is C25H31N5O6. The van der Waals surface area contributed by atoms with E-state index in [1.807, 2.05) is 42.5 Å². The fourth-order valence-electron chi connectivity index (χ4n) is 4.78. The molecule has 0 spiro atoms. The summed E-state index contributed by atoms with van der Waals surface area (Å²) in [5.41, 5.74) is 1.75. The molecule has 3 N–H and O–H groups in total. The van der Waals surface area contributed by atoms with E-state index in [9.17, 15) is 24.6 Å². The molecule has 4 rings (SSSR count). The van der Waals surface area contributed by atoms with E-state index in [1.54, 1.807) is 36.2 Å². The summed E-state index contributed by atoms with van der Waals surface area (Å²) in [6.45, 7) is 0.671. The Kier molecular flexibility index (Phi) is 7.73. The van der Waals surface area contributed by atoms with Crippen molar-refractivity contribution in [2.75, 3.05) is 27.2 Å². The van der Waals surface area contributed by atoms with Crippen molar-refractivity contribution in [2.24, 2.45) is 0 Å². The van der Waals surface area contributed by atoms with Crippen molar-refractivity contribution in [2.45, 2.75) is 37.9 Å². The number of benzene rings is 2. The van der Waals surface area contributed by atoms with Crippen LogP contribution in [0.15, 0.2) is 54.6 Å². The van der Waals surface area contributed by atoms with Crippen molar-refractivity contribution < 1.29 is 29.3 Å². The summed E-state index contributed by atoms with van der Waals surface area (Å²) in [5, 5.41) is 26.3. The maximum atomic E-state index is 13.4. The number of amides is 3. The molecule has 0 aliphatic carbocycles. The number of carboxylic acid groups (broad SMARTS) is 1. The van der Waals surface area contributed by atoms with Gasteiger partial charge in [0.15, 0.2) is 0 Å². The van der Waals surface area contributed by atoms with Crippen LogP contribution in [0.2, 0.25) is 0 Å². The Balaban J connectivity index is 1.58. The van der Waals surface area contributed by atoms with Crippen LogP contribution in [-0.4, -0.2) is 93.6 Å². The van der Waals surface area contributed by atoms with E-state index in [1.165, 1.54) is 9.91 Å². The number of β-amino-alcohol motifs (C(OH)–C–C–N with tert-alkyl or cyclic N) is 1. The van der Waals surface area contributed by atoms with Gasteiger partial charge >= 0.3 is 12.0 Å². The number of methoxy groups -OCH3 is 1. The van der Waals surface area contributed by atoms with Crippen LogP contribution in [0.5, 0.6) is 5.75 Å². The van der Waals surface area contributed by atoms with Gasteiger partial charge in [0.05, 0.1) is 26.6 Å². The second kappa shape index (κ2) is 10.9. The van der Waals surface area contributed by atoms with Crippen LogP contribution in [0.1, 0.15) is 17.5 Å². The predicted octanol–water partition coefficient (Wildman–Crippen LogP) is 0.899. The van der Waals surface area contributed by atoms with Gasteiger partial charge in [0, 0.05) is 20.1 Å². The highest BCUT2D eigenvalue weighted by Gasteiger charge is 2.51. The lowest BCUT2D eigenvalue weighted by atomic mass is 10.0. The average molecular weight is 498 g/mol. The average Bonchev–Trinajstić information content (AvgIpc) is 2.85. The normalized spacial score (nSPS) is 22.8. The maximum absolute atomic E-state index is 13.4. The molecule has 1 unspecified atom stereocenters. The number of aliphatic hydroxyl groups is 1. The zero-order chi connectivity index (χ0) is 25.8. The molecular weight excluding hydrogens is 466 g/mol. The van der Waals surface area contributed by atoms with E-state index >= 15 is 0 Å². The van der Waals surface area contributed by atoms with Gasteiger partial charge in [0.2, 0.25) is 5.91 Å². The highest BCUT2D eigenvalue weighted by atomic mass is 16.5. The standard InChI is InChI=1S/C25H31N5O6/c1-27-16-22(31)29-20(12-23(32)33)24(34)28(14-18-6-4-3-5-7-18)15-21(29)30(27)25(35)26-13-17-8-10-19(36-2)11-9-17/h3-11,20-22,31H,12-16H2,1-2H3,(H,26,35)(H,32,33)/t20-,21-,22?/m0/s1. The Hall–Kier alpha value is -3.67. The first-order valence-corrected chi connectivity index (χ1v) is 11.7. The molecule has 192 valence electrons. The molecule has 11 nitrogen and oxygen atoms in total. The molecule has 2 aromatic rings. The SMILES string of the molecule is COc1ccc(CNC(=O)N2[C@H]3CN(Cc4ccccc4)C(=O)[C@H](CC(=O)O)N3C(O)CN2C)cc1. The molecule has 3 atom stereocenters. The lowest BCUT2D eigenvalue weighted by molar-refractivity contribution is -0.224. The second-order valence-corrected chi connectivity index (χ2v) is 8.92. The first-order chi connectivity index (χ1) is 17.3. The van der Waals surface area contributed by atoms with Gasteiger partial charge in [-0.2, -0.15) is 0 Å². The Morgan fingerprint density at radius 3 is 2.39 bits per heavy atom. The third kappa shape index (κ3) is 5.43. The van der Waals surface area contributed by atoms with E-state index in [2.05, 4.69) is 5.32 Å². The zero-order valence-electron chi connectivity index (χ0n) is 20.3. The van der Waals surface area contributed by atoms with Crippen LogP contribution >= 0.6 is 0 Å². The van der Waals surface area contributed by atoms with Gasteiger partial charge in [-0.3, -0.25) is 9.59 Å². The van der Waals surface area contributed by atoms with E-state index in [0.717, 1.165) is 11.1 Å². The van der Waals surface area contributed by atoms with E-state index in [0.29, 0.717) is 5.75 Å². The van der Waals surface area contributed by atoms with Crippen LogP contribution < -0.4 is 10.1 Å². The molecule has 11 heteroatoms. The largest absolute Gasteiger partial charge is 0.497 e. The number of nitrogens with one attached hydrogen (secondary N) is 1. The minimum absolute atomic E-state index is 0.0363. The zero-order valence-corrected chi connectivity index (χ0v) is 20.3. The van der Waals surface area contributed by atoms with Crippen molar-refractivity contribution in [1.29, 1.82) is 0 Å². The number of nitrogens with zero attached hydrogens (tertiary/aromatic N) is 4. The summed E-state index contributed by atoms with van der Waals surface area (Å²) in [4.78, 5) is 41.4. The maximum Gasteiger partial charge on any atom is 0.333 e. The quantitative estimate of drug-likeness (QED) is 0.515. The number of carboxylic acids is 1. The number of hydrogen-bond donors (Lipinski definition) is 3. The Labute approximate surface area is 209 Å². The number of carbonyl (C=O) groups excluding carboxylic acids is 2. The second-order valence-electron chi connectivity index (χ2n) is 8.92. The number of aliphatic carboxylic acids is 1. The summed E-state index contributed by atoms with van der Waals surface area (Å²) < 4.78 is 5.17. The van der Waals surface area contributed by atoms with Gasteiger partial charge in [0.25, 0.3) is 0 Å². The Morgan fingerprint density at radius 1 is 1.06 bits per heavy atom. The van der Waals surface area contributed by atoms with Gasteiger partial charge in [-0.1, -0.05) is 42.5 Å². The van der Waals surface area contributed by atoms with Crippen molar-refractivity contribution in [3.05, 3.63) is 65.7 Å². The lowest BCUT2D eigenvalue weighted by Gasteiger charge is -2.56. The Morgan fingerprint density at radius 2 is 1.75 bits per heavy atom. The summed E-state index contributed by atoms with van der Waals surface area (Å²) in [6.07, 6.45) is -2.35. The topological polar surface area (TPSA) is 126 Å². The smallest absolute Gasteiger partial charge is 0.333 e. The monoisotopic (exact) mass is 497 g/mol. The molecule has 2 heterocycles. The number of hydrogen-bond acceptors (Lipinski definition) is 7. The molecule has 2 fully saturated rings. The molecule has 2 aliphatic heterocycles. The number of urea groups is 1. The molecule has 0 bridgehead atoms. The van der Waals surface area contributed by atoms with E-state index in [4.69, 9.17) is 4.74 Å². The summed E-state index contributed by atoms with van der Waals surface area (Å²) in [6, 6.07) is 15.1. The fraction of sp³-hybridized carbons (Fsp3) is 0.400. The molecule has 0 aromatic heterocycles. The minimum Gasteiger partial charge on any atom is -0.497 e. The van der Waals surface area contributed by atoms with Gasteiger partial charge in [0.1, 0.15) is 24.2 Å². The molecule has 36 heavy (non-hydrogen) atoms. The highest BCUT2D eigenvalue weighted by Crippen LogP contribution is 2.30. The number of fused-ring (bicyclic) bond motifs is 1. The lowest BCUT2D eigenvalue weighted by Crippen LogP contribution is -2.77. The molecule has 2 saturated heterocycles. The summed E-state index contributed by atoms with van der Waals surface area (Å²) >= 11 is 0. The van der Waals surface area contributed by atoms with E-state index in [-0.39, 0.29) is 32.1 Å². The number of aliphatic hydroxyl groups excluding tert-OH is 1. The number of likely N-dealkylation sites (N-methyl/N-ethyl adjacent to an activating group) is 1. The first-order valence-electron chi connectivity index (χ1n) is 11.7. The van der Waals surface area contributed by atoms with Crippen LogP contribution in [0.3, 0.4) is 0 Å². The molecule has 0 saturated carbocycles. The summed E-state index contributed by atoms with van der Waals surface area (Å²) in [5.74, 6) is -0.838. The number of rotatable bonds is 7. The van der Waals surface area contributed by atoms with Crippen LogP contribution in [0.25, 0.3) is 0 Å². The third-order valence-electron chi connectivity index (χ3n) is 6.50. The number of ether oxygens (including phenoxy) is 1. The van der Waals surface area contributed by atoms with Crippen LogP contribution in [-0.2, 0) is 22.7 Å². The van der Waals surface area contributed by atoms with Gasteiger partial charge in [-0.05, 0) is 23.3 Å². The molecule has 3 amide bonds. The molecule has 2 aromatic carbocycles. The number of carbonyl (C=O) groups is 3. The van der Waals surface area contributed by atoms with Crippen molar-refractivity contribution >= 4 is 17.9 Å². The third-order valence-corrected chi connectivity index (χ3v) is 6.50. The van der Waals surface area contributed by atoms with Crippen molar-refractivity contribution in [3.63, 3.8) is 0 Å². The number of hydrazine groups is 1. The van der Waals surface area contributed by atoms with Crippen LogP contribution in [0, 0.1) is 0 Å². The van der Waals surface area contributed by atoms with Crippen LogP contribution in [0.4, 0.5) is 4.79 Å². The molecule has 0 radical (unpaired) electrons. The Bertz CT molecular complexity index is 1080. The van der Waals surface area contributed by atoms with Crippen molar-refractivity contribution in [3.8, 4) is 5.75 Å². The molecule has 2 aliphatic rings. The van der Waals surface area contributed by atoms with Gasteiger partial charge < -0.3 is 25.2 Å². The number of piperazine rings is 1. The highest BCUT2D eigenvalue weighted by molar-refractivity contribution is 5.87. The van der Waals surface area contributed by atoms with E-state index < -0.39 is 36.9 Å². The minimum atomic E-state index is -1.16.